The second-order valence-electron chi connectivity index (χ2n) is 3.07. The van der Waals surface area contributed by atoms with Gasteiger partial charge in [0, 0.05) is 17.2 Å². The highest BCUT2D eigenvalue weighted by Crippen LogP contribution is 2.30. The van der Waals surface area contributed by atoms with Crippen LogP contribution in [-0.4, -0.2) is 11.5 Å². The zero-order valence-corrected chi connectivity index (χ0v) is 10.7. The minimum atomic E-state index is 0.908. The van der Waals surface area contributed by atoms with Gasteiger partial charge in [-0.25, -0.2) is 4.98 Å². The van der Waals surface area contributed by atoms with E-state index in [1.165, 1.54) is 10.4 Å². The molecule has 0 amide bonds. The monoisotopic (exact) mass is 282 g/mol. The minimum Gasteiger partial charge on any atom is -0.362 e. The number of halogens is 1. The molecule has 1 aromatic carbocycles. The second-order valence-corrected chi connectivity index (χ2v) is 5.02. The first-order chi connectivity index (χ1) is 7.29. The molecule has 0 saturated heterocycles. The second kappa shape index (κ2) is 4.77. The van der Waals surface area contributed by atoms with Crippen molar-refractivity contribution in [3.05, 3.63) is 34.9 Å². The molecule has 1 heterocycles. The van der Waals surface area contributed by atoms with Gasteiger partial charge in [-0.15, -0.1) is 0 Å². The Morgan fingerprint density at radius 3 is 3.07 bits per heavy atom. The topological polar surface area (TPSA) is 24.9 Å². The fourth-order valence-electron chi connectivity index (χ4n) is 1.28. The average molecular weight is 283 g/mol. The molecule has 1 aromatic heterocycles. The van der Waals surface area contributed by atoms with Gasteiger partial charge in [0.05, 0.1) is 4.88 Å². The molecule has 0 atom stereocenters. The van der Waals surface area contributed by atoms with Gasteiger partial charge >= 0.3 is 0 Å². The van der Waals surface area contributed by atoms with E-state index in [-0.39, 0.29) is 0 Å². The summed E-state index contributed by atoms with van der Waals surface area (Å²) in [7, 11) is 0. The van der Waals surface area contributed by atoms with Crippen LogP contribution in [0.5, 0.6) is 0 Å². The molecule has 0 saturated carbocycles. The number of anilines is 1. The normalized spacial score (nSPS) is 10.3. The van der Waals surface area contributed by atoms with E-state index in [0.717, 1.165) is 16.1 Å². The quantitative estimate of drug-likeness (QED) is 0.920. The van der Waals surface area contributed by atoms with Crippen LogP contribution in [0, 0.1) is 0 Å². The molecule has 2 rings (SSSR count). The van der Waals surface area contributed by atoms with Crippen LogP contribution in [0.1, 0.15) is 6.92 Å². The molecule has 78 valence electrons. The van der Waals surface area contributed by atoms with E-state index < -0.39 is 0 Å². The summed E-state index contributed by atoms with van der Waals surface area (Å²) in [6.07, 6.45) is 1.91. The third-order valence-corrected chi connectivity index (χ3v) is 3.44. The van der Waals surface area contributed by atoms with Crippen LogP contribution in [-0.2, 0) is 0 Å². The van der Waals surface area contributed by atoms with Crippen molar-refractivity contribution < 1.29 is 0 Å². The van der Waals surface area contributed by atoms with E-state index in [2.05, 4.69) is 45.3 Å². The zero-order chi connectivity index (χ0) is 10.7. The molecule has 0 unspecified atom stereocenters. The third kappa shape index (κ3) is 2.58. The Balaban J connectivity index is 2.29. The maximum Gasteiger partial charge on any atom is 0.183 e. The lowest BCUT2D eigenvalue weighted by Crippen LogP contribution is -1.94. The third-order valence-electron chi connectivity index (χ3n) is 1.94. The van der Waals surface area contributed by atoms with Crippen molar-refractivity contribution in [2.45, 2.75) is 6.92 Å². The lowest BCUT2D eigenvalue weighted by atomic mass is 10.2. The van der Waals surface area contributed by atoms with Crippen LogP contribution < -0.4 is 5.32 Å². The highest BCUT2D eigenvalue weighted by Gasteiger charge is 2.03. The molecule has 0 fully saturated rings. The largest absolute Gasteiger partial charge is 0.362 e. The van der Waals surface area contributed by atoms with Gasteiger partial charge in [-0.1, -0.05) is 39.4 Å². The molecular weight excluding hydrogens is 272 g/mol. The molecule has 0 aliphatic carbocycles. The van der Waals surface area contributed by atoms with Gasteiger partial charge in [0.2, 0.25) is 0 Å². The predicted octanol–water partition coefficient (Wildman–Crippen LogP) is 4.00. The Kier molecular flexibility index (Phi) is 3.38. The van der Waals surface area contributed by atoms with E-state index in [9.17, 15) is 0 Å². The number of hydrogen-bond donors (Lipinski definition) is 1. The average Bonchev–Trinajstić information content (AvgIpc) is 2.67. The van der Waals surface area contributed by atoms with Crippen molar-refractivity contribution in [2.24, 2.45) is 0 Å². The van der Waals surface area contributed by atoms with Gasteiger partial charge in [0.1, 0.15) is 0 Å². The zero-order valence-electron chi connectivity index (χ0n) is 8.33. The van der Waals surface area contributed by atoms with Crippen molar-refractivity contribution in [1.29, 1.82) is 0 Å². The Morgan fingerprint density at radius 2 is 2.33 bits per heavy atom. The van der Waals surface area contributed by atoms with Crippen LogP contribution in [0.4, 0.5) is 5.13 Å². The van der Waals surface area contributed by atoms with E-state index >= 15 is 0 Å². The van der Waals surface area contributed by atoms with E-state index in [1.54, 1.807) is 11.3 Å². The number of thiazole rings is 1. The lowest BCUT2D eigenvalue weighted by Gasteiger charge is -1.97. The summed E-state index contributed by atoms with van der Waals surface area (Å²) >= 11 is 5.14. The number of hydrogen-bond acceptors (Lipinski definition) is 3. The summed E-state index contributed by atoms with van der Waals surface area (Å²) in [5.41, 5.74) is 1.20. The van der Waals surface area contributed by atoms with Crippen LogP contribution >= 0.6 is 27.3 Å². The molecule has 0 spiro atoms. The maximum absolute atomic E-state index is 4.30. The van der Waals surface area contributed by atoms with E-state index in [4.69, 9.17) is 0 Å². The first-order valence-electron chi connectivity index (χ1n) is 4.75. The van der Waals surface area contributed by atoms with E-state index in [1.807, 2.05) is 18.3 Å². The maximum atomic E-state index is 4.30. The molecule has 15 heavy (non-hydrogen) atoms. The Bertz CT molecular complexity index is 453. The first kappa shape index (κ1) is 10.6. The van der Waals surface area contributed by atoms with Gasteiger partial charge in [0.25, 0.3) is 0 Å². The summed E-state index contributed by atoms with van der Waals surface area (Å²) in [5.74, 6) is 0. The Hall–Kier alpha value is -0.870. The summed E-state index contributed by atoms with van der Waals surface area (Å²) in [6.45, 7) is 2.98. The molecule has 2 nitrogen and oxygen atoms in total. The van der Waals surface area contributed by atoms with Crippen LogP contribution in [0.15, 0.2) is 34.9 Å². The smallest absolute Gasteiger partial charge is 0.183 e. The van der Waals surface area contributed by atoms with Crippen LogP contribution in [0.3, 0.4) is 0 Å². The summed E-state index contributed by atoms with van der Waals surface area (Å²) in [4.78, 5) is 5.49. The standard InChI is InChI=1S/C11H11BrN2S/c1-2-13-11-14-7-10(15-11)8-4-3-5-9(12)6-8/h3-7H,2H2,1H3,(H,13,14). The molecule has 0 aliphatic heterocycles. The van der Waals surface area contributed by atoms with Crippen LogP contribution in [0.25, 0.3) is 10.4 Å². The lowest BCUT2D eigenvalue weighted by molar-refractivity contribution is 1.19. The summed E-state index contributed by atoms with van der Waals surface area (Å²) in [6, 6.07) is 8.25. The fourth-order valence-corrected chi connectivity index (χ4v) is 2.56. The highest BCUT2D eigenvalue weighted by atomic mass is 79.9. The van der Waals surface area contributed by atoms with Gasteiger partial charge in [-0.05, 0) is 24.6 Å². The Morgan fingerprint density at radius 1 is 1.47 bits per heavy atom. The molecule has 2 aromatic rings. The van der Waals surface area contributed by atoms with Crippen molar-refractivity contribution in [3.8, 4) is 10.4 Å². The van der Waals surface area contributed by atoms with E-state index in [0.29, 0.717) is 0 Å². The molecule has 0 bridgehead atoms. The van der Waals surface area contributed by atoms with Gasteiger partial charge in [-0.2, -0.15) is 0 Å². The van der Waals surface area contributed by atoms with Crippen LogP contribution in [0.2, 0.25) is 0 Å². The number of nitrogens with zero attached hydrogens (tertiary/aromatic N) is 1. The molecule has 1 N–H and O–H groups in total. The highest BCUT2D eigenvalue weighted by molar-refractivity contribution is 9.10. The predicted molar refractivity (Wildman–Crippen MR) is 69.4 cm³/mol. The molecule has 0 aliphatic rings. The van der Waals surface area contributed by atoms with Gasteiger partial charge in [-0.3, -0.25) is 0 Å². The molecule has 0 radical (unpaired) electrons. The van der Waals surface area contributed by atoms with Gasteiger partial charge < -0.3 is 5.32 Å². The number of nitrogens with one attached hydrogen (secondary N) is 1. The minimum absolute atomic E-state index is 0.908. The Labute approximate surface area is 101 Å². The number of aromatic nitrogens is 1. The first-order valence-corrected chi connectivity index (χ1v) is 6.36. The van der Waals surface area contributed by atoms with Crippen molar-refractivity contribution in [2.75, 3.05) is 11.9 Å². The number of rotatable bonds is 3. The fraction of sp³-hybridized carbons (Fsp3) is 0.182. The van der Waals surface area contributed by atoms with Crippen molar-refractivity contribution in [3.63, 3.8) is 0 Å². The SMILES string of the molecule is CCNc1ncc(-c2cccc(Br)c2)s1. The molecule has 4 heteroatoms. The molecular formula is C11H11BrN2S. The number of benzene rings is 1. The summed E-state index contributed by atoms with van der Waals surface area (Å²) in [5, 5.41) is 4.19. The van der Waals surface area contributed by atoms with Crippen molar-refractivity contribution >= 4 is 32.4 Å². The van der Waals surface area contributed by atoms with Crippen molar-refractivity contribution in [1.82, 2.24) is 4.98 Å². The summed E-state index contributed by atoms with van der Waals surface area (Å²) < 4.78 is 1.10. The van der Waals surface area contributed by atoms with Gasteiger partial charge in [0.15, 0.2) is 5.13 Å².